The molecule has 1 saturated carbocycles. The van der Waals surface area contributed by atoms with Gasteiger partial charge in [-0.25, -0.2) is 13.9 Å². The summed E-state index contributed by atoms with van der Waals surface area (Å²) in [5.41, 5.74) is 6.98. The molecule has 4 nitrogen and oxygen atoms in total. The zero-order chi connectivity index (χ0) is 11.3. The number of fused-ring (bicyclic) bond motifs is 1. The zero-order valence-electron chi connectivity index (χ0n) is 9.07. The Morgan fingerprint density at radius 3 is 2.94 bits per heavy atom. The van der Waals surface area contributed by atoms with Gasteiger partial charge in [0, 0.05) is 5.41 Å². The molecule has 2 aromatic rings. The van der Waals surface area contributed by atoms with Crippen molar-refractivity contribution in [3.63, 3.8) is 0 Å². The van der Waals surface area contributed by atoms with Gasteiger partial charge in [-0.15, -0.1) is 5.10 Å². The van der Waals surface area contributed by atoms with Crippen molar-refractivity contribution in [2.45, 2.75) is 31.6 Å². The van der Waals surface area contributed by atoms with Crippen LogP contribution in [0.4, 0.5) is 10.3 Å². The minimum absolute atomic E-state index is 0.105. The maximum atomic E-state index is 13.7. The Hall–Kier alpha value is -1.65. The first-order chi connectivity index (χ1) is 7.66. The third-order valence-electron chi connectivity index (χ3n) is 3.56. The van der Waals surface area contributed by atoms with Crippen LogP contribution in [0.25, 0.3) is 5.52 Å². The molecule has 3 rings (SSSR count). The molecule has 0 bridgehead atoms. The number of halogens is 1. The highest BCUT2D eigenvalue weighted by Gasteiger charge is 2.45. The quantitative estimate of drug-likeness (QED) is 0.840. The molecular weight excluding hydrogens is 207 g/mol. The van der Waals surface area contributed by atoms with Crippen LogP contribution in [0.1, 0.15) is 31.9 Å². The summed E-state index contributed by atoms with van der Waals surface area (Å²) in [6, 6.07) is 1.57. The van der Waals surface area contributed by atoms with Crippen LogP contribution >= 0.6 is 0 Å². The van der Waals surface area contributed by atoms with Crippen molar-refractivity contribution in [2.75, 3.05) is 5.73 Å². The highest BCUT2D eigenvalue weighted by molar-refractivity contribution is 5.51. The summed E-state index contributed by atoms with van der Waals surface area (Å²) >= 11 is 0. The first-order valence-corrected chi connectivity index (χ1v) is 5.46. The van der Waals surface area contributed by atoms with E-state index in [1.165, 1.54) is 6.20 Å². The van der Waals surface area contributed by atoms with Crippen LogP contribution in [0.5, 0.6) is 0 Å². The van der Waals surface area contributed by atoms with Gasteiger partial charge in [0.05, 0.1) is 11.9 Å². The Kier molecular flexibility index (Phi) is 1.75. The van der Waals surface area contributed by atoms with E-state index in [4.69, 9.17) is 5.73 Å². The largest absolute Gasteiger partial charge is 0.367 e. The molecule has 5 heteroatoms. The van der Waals surface area contributed by atoms with Gasteiger partial charge < -0.3 is 5.73 Å². The van der Waals surface area contributed by atoms with Crippen LogP contribution in [-0.2, 0) is 5.41 Å². The van der Waals surface area contributed by atoms with Crippen LogP contribution in [-0.4, -0.2) is 14.6 Å². The molecule has 0 atom stereocenters. The van der Waals surface area contributed by atoms with Gasteiger partial charge in [-0.05, 0) is 25.3 Å². The second-order valence-corrected chi connectivity index (χ2v) is 4.42. The summed E-state index contributed by atoms with van der Waals surface area (Å²) in [5.74, 6) is -0.0917. The summed E-state index contributed by atoms with van der Waals surface area (Å²) in [5, 5.41) is 4.09. The van der Waals surface area contributed by atoms with Crippen molar-refractivity contribution in [1.29, 1.82) is 0 Å². The molecular formula is C11H13FN4. The van der Waals surface area contributed by atoms with Crippen molar-refractivity contribution in [3.8, 4) is 0 Å². The van der Waals surface area contributed by atoms with Crippen LogP contribution in [0.3, 0.4) is 0 Å². The average Bonchev–Trinajstić information content (AvgIpc) is 3.00. The first kappa shape index (κ1) is 9.57. The third kappa shape index (κ3) is 1.14. The van der Waals surface area contributed by atoms with E-state index in [1.807, 2.05) is 0 Å². The first-order valence-electron chi connectivity index (χ1n) is 5.46. The molecule has 1 fully saturated rings. The summed E-state index contributed by atoms with van der Waals surface area (Å²) in [7, 11) is 0. The van der Waals surface area contributed by atoms with E-state index in [0.29, 0.717) is 5.52 Å². The molecule has 0 saturated heterocycles. The van der Waals surface area contributed by atoms with E-state index in [9.17, 15) is 4.39 Å². The van der Waals surface area contributed by atoms with Gasteiger partial charge in [-0.2, -0.15) is 0 Å². The summed E-state index contributed by atoms with van der Waals surface area (Å²) in [6.45, 7) is 2.12. The predicted molar refractivity (Wildman–Crippen MR) is 58.6 cm³/mol. The van der Waals surface area contributed by atoms with Crippen molar-refractivity contribution in [1.82, 2.24) is 14.6 Å². The lowest BCUT2D eigenvalue weighted by atomic mass is 10.00. The SMILES string of the molecule is CCC1(c2cc(F)c3cnc(N)nn23)CC1. The summed E-state index contributed by atoms with van der Waals surface area (Å²) in [6.07, 6.45) is 4.63. The Labute approximate surface area is 92.3 Å². The molecule has 2 N–H and O–H groups in total. The van der Waals surface area contributed by atoms with E-state index in [2.05, 4.69) is 17.0 Å². The van der Waals surface area contributed by atoms with E-state index in [1.54, 1.807) is 10.6 Å². The van der Waals surface area contributed by atoms with Crippen molar-refractivity contribution in [3.05, 3.63) is 23.8 Å². The fourth-order valence-electron chi connectivity index (χ4n) is 2.29. The number of hydrogen-bond donors (Lipinski definition) is 1. The van der Waals surface area contributed by atoms with Gasteiger partial charge in [0.2, 0.25) is 5.95 Å². The van der Waals surface area contributed by atoms with Crippen molar-refractivity contribution in [2.24, 2.45) is 0 Å². The molecule has 0 aliphatic heterocycles. The number of hydrogen-bond acceptors (Lipinski definition) is 3. The standard InChI is InChI=1S/C11H13FN4/c1-2-11(3-4-11)9-5-7(12)8-6-14-10(13)15-16(8)9/h5-6H,2-4H2,1H3,(H2,13,15). The maximum Gasteiger partial charge on any atom is 0.238 e. The minimum atomic E-state index is -0.269. The lowest BCUT2D eigenvalue weighted by molar-refractivity contribution is 0.614. The molecule has 0 amide bonds. The molecule has 0 spiro atoms. The van der Waals surface area contributed by atoms with Gasteiger partial charge in [-0.3, -0.25) is 0 Å². The average molecular weight is 220 g/mol. The van der Waals surface area contributed by atoms with Crippen LogP contribution in [0.15, 0.2) is 12.3 Å². The number of nitrogens with two attached hydrogens (primary N) is 1. The van der Waals surface area contributed by atoms with Gasteiger partial charge in [0.15, 0.2) is 5.82 Å². The highest BCUT2D eigenvalue weighted by atomic mass is 19.1. The number of nitrogens with zero attached hydrogens (tertiary/aromatic N) is 3. The fourth-order valence-corrected chi connectivity index (χ4v) is 2.29. The van der Waals surface area contributed by atoms with Crippen LogP contribution in [0.2, 0.25) is 0 Å². The number of aromatic nitrogens is 3. The number of anilines is 1. The Morgan fingerprint density at radius 1 is 1.56 bits per heavy atom. The predicted octanol–water partition coefficient (Wildman–Crippen LogP) is 1.89. The second kappa shape index (κ2) is 2.93. The molecule has 84 valence electrons. The van der Waals surface area contributed by atoms with Gasteiger partial charge in [0.25, 0.3) is 0 Å². The minimum Gasteiger partial charge on any atom is -0.367 e. The second-order valence-electron chi connectivity index (χ2n) is 4.42. The Balaban J connectivity index is 2.29. The van der Waals surface area contributed by atoms with Gasteiger partial charge >= 0.3 is 0 Å². The van der Waals surface area contributed by atoms with Crippen molar-refractivity contribution < 1.29 is 4.39 Å². The maximum absolute atomic E-state index is 13.7. The van der Waals surface area contributed by atoms with E-state index in [-0.39, 0.29) is 17.2 Å². The highest BCUT2D eigenvalue weighted by Crippen LogP contribution is 2.51. The summed E-state index contributed by atoms with van der Waals surface area (Å²) < 4.78 is 15.3. The molecule has 16 heavy (non-hydrogen) atoms. The molecule has 1 aliphatic rings. The van der Waals surface area contributed by atoms with E-state index < -0.39 is 0 Å². The van der Waals surface area contributed by atoms with Crippen molar-refractivity contribution >= 4 is 11.5 Å². The molecule has 0 aromatic carbocycles. The van der Waals surface area contributed by atoms with E-state index >= 15 is 0 Å². The molecule has 0 radical (unpaired) electrons. The number of rotatable bonds is 2. The number of nitrogen functional groups attached to an aromatic ring is 1. The Morgan fingerprint density at radius 2 is 2.31 bits per heavy atom. The van der Waals surface area contributed by atoms with Gasteiger partial charge in [-0.1, -0.05) is 6.92 Å². The smallest absolute Gasteiger partial charge is 0.238 e. The van der Waals surface area contributed by atoms with Crippen LogP contribution < -0.4 is 5.73 Å². The molecule has 2 heterocycles. The normalized spacial score (nSPS) is 17.9. The topological polar surface area (TPSA) is 56.2 Å². The Bertz CT molecular complexity index is 556. The van der Waals surface area contributed by atoms with E-state index in [0.717, 1.165) is 25.0 Å². The van der Waals surface area contributed by atoms with Gasteiger partial charge in [0.1, 0.15) is 5.52 Å². The summed E-state index contributed by atoms with van der Waals surface area (Å²) in [4.78, 5) is 3.82. The van der Waals surface area contributed by atoms with Crippen LogP contribution in [0, 0.1) is 5.82 Å². The molecule has 0 unspecified atom stereocenters. The zero-order valence-corrected chi connectivity index (χ0v) is 9.07. The molecule has 1 aliphatic carbocycles. The third-order valence-corrected chi connectivity index (χ3v) is 3.56. The fraction of sp³-hybridized carbons (Fsp3) is 0.455. The lowest BCUT2D eigenvalue weighted by Gasteiger charge is -2.11. The monoisotopic (exact) mass is 220 g/mol. The lowest BCUT2D eigenvalue weighted by Crippen LogP contribution is -2.11. The molecule has 2 aromatic heterocycles.